The molecule has 25 heavy (non-hydrogen) atoms. The van der Waals surface area contributed by atoms with E-state index in [2.05, 4.69) is 15.1 Å². The van der Waals surface area contributed by atoms with Crippen molar-refractivity contribution in [2.45, 2.75) is 32.2 Å². The molecule has 1 saturated heterocycles. The molecule has 1 amide bonds. The molecule has 0 aromatic carbocycles. The molecular weight excluding hydrogens is 320 g/mol. The molecule has 1 atom stereocenters. The largest absolute Gasteiger partial charge is 0.348 e. The SMILES string of the molecule is CCn1ccc(CC(=O)N2CCC(c3cc(=O)[nH]c(N(C)C)n3)C2)n1. The van der Waals surface area contributed by atoms with Gasteiger partial charge in [0.25, 0.3) is 5.56 Å². The van der Waals surface area contributed by atoms with Crippen molar-refractivity contribution < 1.29 is 4.79 Å². The summed E-state index contributed by atoms with van der Waals surface area (Å²) >= 11 is 0. The Labute approximate surface area is 146 Å². The minimum absolute atomic E-state index is 0.0709. The first-order valence-corrected chi connectivity index (χ1v) is 8.55. The number of anilines is 1. The molecule has 8 heteroatoms. The summed E-state index contributed by atoms with van der Waals surface area (Å²) in [6.07, 6.45) is 3.02. The lowest BCUT2D eigenvalue weighted by Crippen LogP contribution is -2.30. The van der Waals surface area contributed by atoms with Gasteiger partial charge in [0.1, 0.15) is 0 Å². The Kier molecular flexibility index (Phi) is 4.87. The Hall–Kier alpha value is -2.64. The molecule has 1 N–H and O–H groups in total. The van der Waals surface area contributed by atoms with Crippen molar-refractivity contribution in [3.63, 3.8) is 0 Å². The second kappa shape index (κ2) is 7.08. The lowest BCUT2D eigenvalue weighted by Gasteiger charge is -2.17. The molecule has 1 fully saturated rings. The number of H-pyrrole nitrogens is 1. The van der Waals surface area contributed by atoms with Crippen LogP contribution < -0.4 is 10.5 Å². The average Bonchev–Trinajstić information content (AvgIpc) is 3.23. The number of carbonyl (C=O) groups excluding carboxylic acids is 1. The van der Waals surface area contributed by atoms with Crippen LogP contribution in [-0.2, 0) is 17.8 Å². The first-order chi connectivity index (χ1) is 12.0. The van der Waals surface area contributed by atoms with Gasteiger partial charge in [-0.3, -0.25) is 19.3 Å². The van der Waals surface area contributed by atoms with Gasteiger partial charge in [0.2, 0.25) is 11.9 Å². The maximum absolute atomic E-state index is 12.5. The van der Waals surface area contributed by atoms with Crippen LogP contribution in [0.5, 0.6) is 0 Å². The van der Waals surface area contributed by atoms with Crippen LogP contribution in [-0.4, -0.2) is 57.7 Å². The standard InChI is InChI=1S/C17H24N6O2/c1-4-23-8-6-13(20-23)9-16(25)22-7-5-12(11-22)14-10-15(24)19-17(18-14)21(2)3/h6,8,10,12H,4-5,7,9,11H2,1-3H3,(H,18,19,24). The van der Waals surface area contributed by atoms with Crippen LogP contribution in [0, 0.1) is 0 Å². The summed E-state index contributed by atoms with van der Waals surface area (Å²) in [6, 6.07) is 3.42. The fourth-order valence-corrected chi connectivity index (χ4v) is 3.05. The van der Waals surface area contributed by atoms with Crippen LogP contribution in [0.3, 0.4) is 0 Å². The average molecular weight is 344 g/mol. The number of aromatic nitrogens is 4. The molecule has 1 unspecified atom stereocenters. The molecule has 8 nitrogen and oxygen atoms in total. The number of hydrogen-bond donors (Lipinski definition) is 1. The van der Waals surface area contributed by atoms with Gasteiger partial charge in [0, 0.05) is 51.9 Å². The molecule has 0 bridgehead atoms. The molecule has 134 valence electrons. The first-order valence-electron chi connectivity index (χ1n) is 8.55. The molecule has 3 rings (SSSR count). The molecule has 2 aromatic rings. The third-order valence-corrected chi connectivity index (χ3v) is 4.48. The quantitative estimate of drug-likeness (QED) is 0.859. The van der Waals surface area contributed by atoms with E-state index < -0.39 is 0 Å². The van der Waals surface area contributed by atoms with Crippen molar-refractivity contribution in [1.82, 2.24) is 24.6 Å². The van der Waals surface area contributed by atoms with Crippen molar-refractivity contribution in [2.24, 2.45) is 0 Å². The highest BCUT2D eigenvalue weighted by molar-refractivity contribution is 5.78. The monoisotopic (exact) mass is 344 g/mol. The number of rotatable bonds is 5. The van der Waals surface area contributed by atoms with E-state index in [1.807, 2.05) is 42.9 Å². The van der Waals surface area contributed by atoms with Crippen LogP contribution in [0.1, 0.15) is 30.7 Å². The van der Waals surface area contributed by atoms with Crippen molar-refractivity contribution in [1.29, 1.82) is 0 Å². The zero-order valence-corrected chi connectivity index (χ0v) is 14.9. The van der Waals surface area contributed by atoms with E-state index in [-0.39, 0.29) is 17.4 Å². The molecule has 0 aliphatic carbocycles. The predicted molar refractivity (Wildman–Crippen MR) is 94.7 cm³/mol. The van der Waals surface area contributed by atoms with E-state index >= 15 is 0 Å². The van der Waals surface area contributed by atoms with Crippen LogP contribution in [0.4, 0.5) is 5.95 Å². The number of amides is 1. The van der Waals surface area contributed by atoms with Crippen LogP contribution in [0.2, 0.25) is 0 Å². The summed E-state index contributed by atoms with van der Waals surface area (Å²) in [7, 11) is 3.67. The molecule has 1 aliphatic rings. The number of aryl methyl sites for hydroxylation is 1. The van der Waals surface area contributed by atoms with E-state index in [0.29, 0.717) is 25.5 Å². The summed E-state index contributed by atoms with van der Waals surface area (Å²) in [5.41, 5.74) is 1.38. The van der Waals surface area contributed by atoms with Crippen molar-refractivity contribution in [2.75, 3.05) is 32.1 Å². The van der Waals surface area contributed by atoms with E-state index in [4.69, 9.17) is 0 Å². The van der Waals surface area contributed by atoms with Gasteiger partial charge in [-0.1, -0.05) is 0 Å². The Morgan fingerprint density at radius 2 is 2.24 bits per heavy atom. The summed E-state index contributed by atoms with van der Waals surface area (Å²) in [6.45, 7) is 4.09. The van der Waals surface area contributed by atoms with Gasteiger partial charge in [-0.2, -0.15) is 5.10 Å². The van der Waals surface area contributed by atoms with E-state index in [1.54, 1.807) is 4.90 Å². The first kappa shape index (κ1) is 17.2. The van der Waals surface area contributed by atoms with Crippen molar-refractivity contribution >= 4 is 11.9 Å². The Morgan fingerprint density at radius 3 is 2.92 bits per heavy atom. The molecule has 2 aromatic heterocycles. The summed E-state index contributed by atoms with van der Waals surface area (Å²) < 4.78 is 1.82. The lowest BCUT2D eigenvalue weighted by molar-refractivity contribution is -0.129. The zero-order valence-electron chi connectivity index (χ0n) is 14.9. The van der Waals surface area contributed by atoms with E-state index in [0.717, 1.165) is 24.4 Å². The highest BCUT2D eigenvalue weighted by Crippen LogP contribution is 2.26. The van der Waals surface area contributed by atoms with Gasteiger partial charge in [0.05, 0.1) is 17.8 Å². The molecule has 1 aliphatic heterocycles. The van der Waals surface area contributed by atoms with Gasteiger partial charge in [-0.05, 0) is 19.4 Å². The third kappa shape index (κ3) is 3.89. The van der Waals surface area contributed by atoms with Gasteiger partial charge in [0.15, 0.2) is 0 Å². The number of likely N-dealkylation sites (tertiary alicyclic amines) is 1. The van der Waals surface area contributed by atoms with Crippen LogP contribution >= 0.6 is 0 Å². The number of hydrogen-bond acceptors (Lipinski definition) is 5. The summed E-state index contributed by atoms with van der Waals surface area (Å²) in [4.78, 5) is 35.2. The van der Waals surface area contributed by atoms with Gasteiger partial charge >= 0.3 is 0 Å². The Balaban J connectivity index is 1.67. The van der Waals surface area contributed by atoms with E-state index in [9.17, 15) is 9.59 Å². The smallest absolute Gasteiger partial charge is 0.252 e. The topological polar surface area (TPSA) is 87.1 Å². The third-order valence-electron chi connectivity index (χ3n) is 4.48. The number of nitrogens with zero attached hydrogens (tertiary/aromatic N) is 5. The zero-order chi connectivity index (χ0) is 18.0. The fourth-order valence-electron chi connectivity index (χ4n) is 3.05. The number of carbonyl (C=O) groups is 1. The maximum Gasteiger partial charge on any atom is 0.252 e. The molecule has 0 saturated carbocycles. The van der Waals surface area contributed by atoms with Crippen molar-refractivity contribution in [3.8, 4) is 0 Å². The second-order valence-electron chi connectivity index (χ2n) is 6.55. The molecule has 0 spiro atoms. The van der Waals surface area contributed by atoms with Crippen molar-refractivity contribution in [3.05, 3.63) is 40.1 Å². The van der Waals surface area contributed by atoms with E-state index in [1.165, 1.54) is 6.07 Å². The van der Waals surface area contributed by atoms with Gasteiger partial charge in [-0.25, -0.2) is 4.98 Å². The summed E-state index contributed by atoms with van der Waals surface area (Å²) in [5.74, 6) is 0.706. The molecule has 0 radical (unpaired) electrons. The van der Waals surface area contributed by atoms with Crippen LogP contribution in [0.25, 0.3) is 0 Å². The Bertz CT molecular complexity index is 809. The molecular formula is C17H24N6O2. The number of aromatic amines is 1. The maximum atomic E-state index is 12.5. The minimum atomic E-state index is -0.163. The fraction of sp³-hybridized carbons (Fsp3) is 0.529. The second-order valence-corrected chi connectivity index (χ2v) is 6.55. The number of nitrogens with one attached hydrogen (secondary N) is 1. The minimum Gasteiger partial charge on any atom is -0.348 e. The van der Waals surface area contributed by atoms with Gasteiger partial charge < -0.3 is 9.80 Å². The highest BCUT2D eigenvalue weighted by atomic mass is 16.2. The predicted octanol–water partition coefficient (Wildman–Crippen LogP) is 0.611. The normalized spacial score (nSPS) is 17.1. The lowest BCUT2D eigenvalue weighted by atomic mass is 10.1. The van der Waals surface area contributed by atoms with Crippen LogP contribution in [0.15, 0.2) is 23.1 Å². The Morgan fingerprint density at radius 1 is 1.44 bits per heavy atom. The molecule has 3 heterocycles. The highest BCUT2D eigenvalue weighted by Gasteiger charge is 2.29. The summed E-state index contributed by atoms with van der Waals surface area (Å²) in [5, 5.41) is 4.37. The van der Waals surface area contributed by atoms with Gasteiger partial charge in [-0.15, -0.1) is 0 Å².